The van der Waals surface area contributed by atoms with Gasteiger partial charge in [0.2, 0.25) is 0 Å². The highest BCUT2D eigenvalue weighted by Gasteiger charge is 2.29. The third kappa shape index (κ3) is 3.44. The van der Waals surface area contributed by atoms with E-state index in [1.165, 1.54) is 7.11 Å². The van der Waals surface area contributed by atoms with Crippen LogP contribution in [0, 0.1) is 13.8 Å². The first-order valence-corrected chi connectivity index (χ1v) is 9.13. The summed E-state index contributed by atoms with van der Waals surface area (Å²) in [5, 5.41) is 8.69. The molecular weight excluding hydrogens is 346 g/mol. The Bertz CT molecular complexity index is 977. The fourth-order valence-electron chi connectivity index (χ4n) is 3.81. The molecule has 0 bridgehead atoms. The van der Waals surface area contributed by atoms with Gasteiger partial charge >= 0.3 is 5.97 Å². The summed E-state index contributed by atoms with van der Waals surface area (Å²) in [5.41, 5.74) is 4.50. The highest BCUT2D eigenvalue weighted by atomic mass is 16.5. The zero-order valence-corrected chi connectivity index (χ0v) is 15.8. The van der Waals surface area contributed by atoms with Crippen LogP contribution < -0.4 is 0 Å². The van der Waals surface area contributed by atoms with Crippen molar-refractivity contribution in [3.8, 4) is 11.3 Å². The van der Waals surface area contributed by atoms with Gasteiger partial charge in [-0.3, -0.25) is 9.69 Å². The Labute approximate surface area is 157 Å². The fourth-order valence-corrected chi connectivity index (χ4v) is 3.81. The predicted octanol–water partition coefficient (Wildman–Crippen LogP) is 2.35. The molecule has 0 radical (unpaired) electrons. The molecule has 0 aliphatic carbocycles. The van der Waals surface area contributed by atoms with Crippen LogP contribution in [0.4, 0.5) is 0 Å². The van der Waals surface area contributed by atoms with E-state index in [0.29, 0.717) is 12.3 Å². The average molecular weight is 369 g/mol. The minimum Gasteiger partial charge on any atom is -0.468 e. The van der Waals surface area contributed by atoms with Crippen LogP contribution in [0.5, 0.6) is 0 Å². The molecule has 4 heterocycles. The molecule has 0 N–H and O–H groups in total. The van der Waals surface area contributed by atoms with Crippen LogP contribution in [0.1, 0.15) is 35.8 Å². The maximum absolute atomic E-state index is 11.7. The fraction of sp³-hybridized carbons (Fsp3) is 0.474. The minimum absolute atomic E-state index is 0.202. The molecule has 27 heavy (non-hydrogen) atoms. The predicted molar refractivity (Wildman–Crippen MR) is 98.4 cm³/mol. The van der Waals surface area contributed by atoms with E-state index in [1.807, 2.05) is 36.7 Å². The quantitative estimate of drug-likeness (QED) is 0.653. The van der Waals surface area contributed by atoms with Crippen molar-refractivity contribution in [3.05, 3.63) is 35.4 Å². The van der Waals surface area contributed by atoms with Crippen LogP contribution in [0.2, 0.25) is 0 Å². The van der Waals surface area contributed by atoms with Crippen molar-refractivity contribution < 1.29 is 14.1 Å². The number of likely N-dealkylation sites (tertiary alicyclic amines) is 1. The van der Waals surface area contributed by atoms with Crippen molar-refractivity contribution in [2.75, 3.05) is 26.7 Å². The summed E-state index contributed by atoms with van der Waals surface area (Å²) in [4.78, 5) is 18.4. The first-order chi connectivity index (χ1) is 13.0. The Morgan fingerprint density at radius 3 is 2.93 bits per heavy atom. The zero-order chi connectivity index (χ0) is 19.0. The summed E-state index contributed by atoms with van der Waals surface area (Å²) < 4.78 is 12.3. The molecule has 4 rings (SSSR count). The van der Waals surface area contributed by atoms with Gasteiger partial charge in [0.25, 0.3) is 0 Å². The van der Waals surface area contributed by atoms with Crippen LogP contribution in [0.25, 0.3) is 17.0 Å². The highest BCUT2D eigenvalue weighted by molar-refractivity contribution is 5.71. The van der Waals surface area contributed by atoms with Crippen LogP contribution >= 0.6 is 0 Å². The number of aromatic nitrogens is 4. The van der Waals surface area contributed by atoms with Gasteiger partial charge in [-0.25, -0.2) is 9.50 Å². The molecule has 1 aliphatic heterocycles. The van der Waals surface area contributed by atoms with Crippen LogP contribution in [-0.4, -0.2) is 57.4 Å². The lowest BCUT2D eigenvalue weighted by molar-refractivity contribution is -0.142. The number of carbonyl (C=O) groups excluding carboxylic acids is 1. The largest absolute Gasteiger partial charge is 0.468 e. The molecular formula is C19H23N5O3. The SMILES string of the molecule is COC(=O)CN1CCC[C@H](c2c(-c3cc(C)no3)cnc3cc(C)nn23)C1. The lowest BCUT2D eigenvalue weighted by atomic mass is 9.91. The summed E-state index contributed by atoms with van der Waals surface area (Å²) in [6, 6.07) is 3.88. The monoisotopic (exact) mass is 369 g/mol. The molecule has 0 aromatic carbocycles. The second-order valence-electron chi connectivity index (χ2n) is 7.10. The average Bonchev–Trinajstić information content (AvgIpc) is 3.25. The Hall–Kier alpha value is -2.74. The normalized spacial score (nSPS) is 18.1. The van der Waals surface area contributed by atoms with Gasteiger partial charge in [0.15, 0.2) is 11.4 Å². The molecule has 0 spiro atoms. The standard InChI is InChI=1S/C19H23N5O3/c1-12-8-17-20-9-15(16-7-13(2)22-27-16)19(24(17)21-12)14-5-4-6-23(10-14)11-18(25)26-3/h7-9,14H,4-6,10-11H2,1-3H3/t14-/m0/s1. The number of hydrogen-bond donors (Lipinski definition) is 0. The van der Waals surface area contributed by atoms with E-state index in [-0.39, 0.29) is 11.9 Å². The Kier molecular flexibility index (Phi) is 4.65. The molecule has 0 saturated carbocycles. The Morgan fingerprint density at radius 1 is 1.33 bits per heavy atom. The van der Waals surface area contributed by atoms with Gasteiger partial charge in [0.1, 0.15) is 0 Å². The lowest BCUT2D eigenvalue weighted by Crippen LogP contribution is -2.39. The molecule has 0 unspecified atom stereocenters. The van der Waals surface area contributed by atoms with Gasteiger partial charge in [-0.15, -0.1) is 0 Å². The van der Waals surface area contributed by atoms with E-state index in [0.717, 1.165) is 54.2 Å². The van der Waals surface area contributed by atoms with Gasteiger partial charge in [-0.2, -0.15) is 5.10 Å². The number of rotatable bonds is 4. The van der Waals surface area contributed by atoms with E-state index < -0.39 is 0 Å². The van der Waals surface area contributed by atoms with E-state index in [9.17, 15) is 4.79 Å². The number of methoxy groups -OCH3 is 1. The number of nitrogens with zero attached hydrogens (tertiary/aromatic N) is 5. The number of fused-ring (bicyclic) bond motifs is 1. The van der Waals surface area contributed by atoms with Crippen LogP contribution in [0.15, 0.2) is 22.9 Å². The maximum atomic E-state index is 11.7. The third-order valence-corrected chi connectivity index (χ3v) is 5.01. The maximum Gasteiger partial charge on any atom is 0.319 e. The van der Waals surface area contributed by atoms with Gasteiger partial charge in [-0.1, -0.05) is 5.16 Å². The second-order valence-corrected chi connectivity index (χ2v) is 7.10. The lowest BCUT2D eigenvalue weighted by Gasteiger charge is -2.32. The summed E-state index contributed by atoms with van der Waals surface area (Å²) in [6.45, 7) is 5.80. The zero-order valence-electron chi connectivity index (χ0n) is 15.8. The highest BCUT2D eigenvalue weighted by Crippen LogP contribution is 2.34. The van der Waals surface area contributed by atoms with Gasteiger partial charge in [0.05, 0.1) is 36.3 Å². The number of piperidine rings is 1. The van der Waals surface area contributed by atoms with Crippen molar-refractivity contribution in [3.63, 3.8) is 0 Å². The second kappa shape index (κ2) is 7.11. The van der Waals surface area contributed by atoms with Crippen molar-refractivity contribution >= 4 is 11.6 Å². The van der Waals surface area contributed by atoms with Crippen LogP contribution in [-0.2, 0) is 9.53 Å². The van der Waals surface area contributed by atoms with Crippen molar-refractivity contribution in [2.24, 2.45) is 0 Å². The molecule has 8 nitrogen and oxygen atoms in total. The molecule has 1 saturated heterocycles. The summed E-state index contributed by atoms with van der Waals surface area (Å²) >= 11 is 0. The summed E-state index contributed by atoms with van der Waals surface area (Å²) in [6.07, 6.45) is 3.85. The molecule has 3 aromatic rings. The molecule has 1 atom stereocenters. The Balaban J connectivity index is 1.77. The molecule has 3 aromatic heterocycles. The number of aryl methyl sites for hydroxylation is 2. The van der Waals surface area contributed by atoms with Crippen molar-refractivity contribution in [2.45, 2.75) is 32.6 Å². The van der Waals surface area contributed by atoms with E-state index in [4.69, 9.17) is 9.26 Å². The smallest absolute Gasteiger partial charge is 0.319 e. The van der Waals surface area contributed by atoms with Gasteiger partial charge < -0.3 is 9.26 Å². The van der Waals surface area contributed by atoms with Gasteiger partial charge in [-0.05, 0) is 33.2 Å². The topological polar surface area (TPSA) is 85.8 Å². The molecule has 1 fully saturated rings. The van der Waals surface area contributed by atoms with E-state index in [2.05, 4.69) is 20.1 Å². The Morgan fingerprint density at radius 2 is 2.19 bits per heavy atom. The number of hydrogen-bond acceptors (Lipinski definition) is 7. The third-order valence-electron chi connectivity index (χ3n) is 5.01. The van der Waals surface area contributed by atoms with Crippen LogP contribution in [0.3, 0.4) is 0 Å². The molecule has 1 aliphatic rings. The first kappa shape index (κ1) is 17.7. The van der Waals surface area contributed by atoms with Crippen molar-refractivity contribution in [1.29, 1.82) is 0 Å². The summed E-state index contributed by atoms with van der Waals surface area (Å²) in [5.74, 6) is 0.681. The number of esters is 1. The minimum atomic E-state index is -0.212. The van der Waals surface area contributed by atoms with E-state index >= 15 is 0 Å². The summed E-state index contributed by atoms with van der Waals surface area (Å²) in [7, 11) is 1.42. The molecule has 142 valence electrons. The molecule has 8 heteroatoms. The first-order valence-electron chi connectivity index (χ1n) is 9.13. The molecule has 0 amide bonds. The number of ether oxygens (including phenoxy) is 1. The van der Waals surface area contributed by atoms with Crippen molar-refractivity contribution in [1.82, 2.24) is 24.7 Å². The number of carbonyl (C=O) groups is 1. The van der Waals surface area contributed by atoms with E-state index in [1.54, 1.807) is 0 Å². The van der Waals surface area contributed by atoms with Gasteiger partial charge in [0, 0.05) is 30.8 Å².